The monoisotopic (exact) mass is 339 g/mol. The number of amides is 1. The first-order valence-electron chi connectivity index (χ1n) is 9.34. The molecule has 4 nitrogen and oxygen atoms in total. The smallest absolute Gasteiger partial charge is 0.252 e. The predicted octanol–water partition coefficient (Wildman–Crippen LogP) is 3.70. The number of likely N-dealkylation sites (tertiary alicyclic amines) is 1. The summed E-state index contributed by atoms with van der Waals surface area (Å²) in [5.74, 6) is 0.825. The van der Waals surface area contributed by atoms with Crippen LogP contribution in [0.3, 0.4) is 0 Å². The Morgan fingerprint density at radius 1 is 1.28 bits per heavy atom. The second-order valence-electron chi connectivity index (χ2n) is 7.61. The molecule has 0 aliphatic carbocycles. The first kappa shape index (κ1) is 17.9. The van der Waals surface area contributed by atoms with Crippen molar-refractivity contribution in [2.24, 2.45) is 5.92 Å². The van der Waals surface area contributed by atoms with Gasteiger partial charge in [0, 0.05) is 23.7 Å². The Morgan fingerprint density at radius 3 is 2.72 bits per heavy atom. The molecular formula is C21H29N3O. The van der Waals surface area contributed by atoms with E-state index in [0.29, 0.717) is 12.6 Å². The van der Waals surface area contributed by atoms with E-state index in [9.17, 15) is 4.79 Å². The van der Waals surface area contributed by atoms with Crippen molar-refractivity contribution < 1.29 is 4.79 Å². The van der Waals surface area contributed by atoms with Gasteiger partial charge < -0.3 is 5.32 Å². The van der Waals surface area contributed by atoms with E-state index < -0.39 is 0 Å². The summed E-state index contributed by atoms with van der Waals surface area (Å²) in [4.78, 5) is 19.8. The first-order chi connectivity index (χ1) is 11.9. The van der Waals surface area contributed by atoms with Crippen molar-refractivity contribution in [3.63, 3.8) is 0 Å². The Morgan fingerprint density at radius 2 is 2.00 bits per heavy atom. The van der Waals surface area contributed by atoms with Gasteiger partial charge in [-0.25, -0.2) is 0 Å². The highest BCUT2D eigenvalue weighted by atomic mass is 16.1. The average Bonchev–Trinajstić information content (AvgIpc) is 2.59. The van der Waals surface area contributed by atoms with Gasteiger partial charge in [-0.3, -0.25) is 14.7 Å². The van der Waals surface area contributed by atoms with E-state index in [-0.39, 0.29) is 5.91 Å². The van der Waals surface area contributed by atoms with Crippen molar-refractivity contribution in [3.05, 3.63) is 41.1 Å². The quantitative estimate of drug-likeness (QED) is 0.924. The van der Waals surface area contributed by atoms with Crippen LogP contribution in [0.1, 0.15) is 48.3 Å². The molecule has 0 radical (unpaired) electrons. The highest BCUT2D eigenvalue weighted by Crippen LogP contribution is 2.21. The van der Waals surface area contributed by atoms with Crippen molar-refractivity contribution in [3.8, 4) is 0 Å². The van der Waals surface area contributed by atoms with E-state index in [1.54, 1.807) is 0 Å². The normalized spacial score (nSPS) is 17.6. The lowest BCUT2D eigenvalue weighted by molar-refractivity contribution is 0.0923. The van der Waals surface area contributed by atoms with Gasteiger partial charge in [0.15, 0.2) is 0 Å². The lowest BCUT2D eigenvalue weighted by Crippen LogP contribution is -2.45. The molecule has 25 heavy (non-hydrogen) atoms. The molecule has 1 atom stereocenters. The van der Waals surface area contributed by atoms with Crippen LogP contribution in [0.4, 0.5) is 0 Å². The van der Waals surface area contributed by atoms with Crippen LogP contribution in [0.15, 0.2) is 24.3 Å². The van der Waals surface area contributed by atoms with Crippen LogP contribution in [-0.4, -0.2) is 41.5 Å². The summed E-state index contributed by atoms with van der Waals surface area (Å²) in [6.45, 7) is 11.5. The molecule has 1 N–H and O–H groups in total. The summed E-state index contributed by atoms with van der Waals surface area (Å²) in [6.07, 6.45) is 2.51. The number of hydrogen-bond donors (Lipinski definition) is 1. The van der Waals surface area contributed by atoms with Gasteiger partial charge in [-0.15, -0.1) is 0 Å². The highest BCUT2D eigenvalue weighted by Gasteiger charge is 2.21. The van der Waals surface area contributed by atoms with Crippen LogP contribution >= 0.6 is 0 Å². The predicted molar refractivity (Wildman–Crippen MR) is 103 cm³/mol. The Labute approximate surface area is 150 Å². The van der Waals surface area contributed by atoms with Crippen molar-refractivity contribution in [2.45, 2.75) is 46.6 Å². The number of hydrogen-bond acceptors (Lipinski definition) is 3. The number of benzene rings is 1. The van der Waals surface area contributed by atoms with Crippen LogP contribution in [0.5, 0.6) is 0 Å². The molecule has 0 bridgehead atoms. The van der Waals surface area contributed by atoms with Crippen LogP contribution < -0.4 is 5.32 Å². The molecule has 134 valence electrons. The Kier molecular flexibility index (Phi) is 5.38. The van der Waals surface area contributed by atoms with Crippen molar-refractivity contribution >= 4 is 16.8 Å². The highest BCUT2D eigenvalue weighted by molar-refractivity contribution is 6.06. The van der Waals surface area contributed by atoms with Gasteiger partial charge in [0.2, 0.25) is 0 Å². The Bertz CT molecular complexity index is 763. The molecule has 1 aromatic carbocycles. The zero-order valence-electron chi connectivity index (χ0n) is 15.8. The number of aromatic nitrogens is 1. The third-order valence-corrected chi connectivity index (χ3v) is 5.34. The molecule has 4 heteroatoms. The summed E-state index contributed by atoms with van der Waals surface area (Å²) in [6, 6.07) is 8.34. The van der Waals surface area contributed by atoms with Gasteiger partial charge in [-0.2, -0.15) is 0 Å². The number of piperidine rings is 1. The van der Waals surface area contributed by atoms with E-state index >= 15 is 0 Å². The number of pyridine rings is 1. The topological polar surface area (TPSA) is 45.2 Å². The largest absolute Gasteiger partial charge is 0.350 e. The third-order valence-electron chi connectivity index (χ3n) is 5.34. The molecule has 1 fully saturated rings. The maximum absolute atomic E-state index is 12.8. The number of carbonyl (C=O) groups is 1. The van der Waals surface area contributed by atoms with Crippen molar-refractivity contribution in [2.75, 3.05) is 19.6 Å². The van der Waals surface area contributed by atoms with E-state index in [1.165, 1.54) is 12.8 Å². The van der Waals surface area contributed by atoms with E-state index in [4.69, 9.17) is 0 Å². The molecule has 0 saturated carbocycles. The zero-order valence-corrected chi connectivity index (χ0v) is 15.8. The Balaban J connectivity index is 1.71. The fourth-order valence-electron chi connectivity index (χ4n) is 3.59. The molecule has 2 aromatic rings. The molecule has 1 aliphatic rings. The molecule has 1 aromatic heterocycles. The van der Waals surface area contributed by atoms with Crippen LogP contribution in [0, 0.1) is 19.8 Å². The minimum absolute atomic E-state index is 0.00155. The molecule has 1 aliphatic heterocycles. The number of aryl methyl sites for hydroxylation is 2. The van der Waals surface area contributed by atoms with Gasteiger partial charge in [-0.1, -0.05) is 18.6 Å². The lowest BCUT2D eigenvalue weighted by Gasteiger charge is -2.35. The fourth-order valence-corrected chi connectivity index (χ4v) is 3.59. The lowest BCUT2D eigenvalue weighted by atomic mass is 9.98. The SMILES string of the molecule is Cc1ccc2nc(C)cc(C(=O)NCC(C)N3CCC(C)CC3)c2c1. The van der Waals surface area contributed by atoms with Crippen LogP contribution in [0.2, 0.25) is 0 Å². The summed E-state index contributed by atoms with van der Waals surface area (Å²) < 4.78 is 0. The van der Waals surface area contributed by atoms with Gasteiger partial charge >= 0.3 is 0 Å². The first-order valence-corrected chi connectivity index (χ1v) is 9.34. The van der Waals surface area contributed by atoms with E-state index in [2.05, 4.69) is 29.0 Å². The average molecular weight is 339 g/mol. The summed E-state index contributed by atoms with van der Waals surface area (Å²) in [5.41, 5.74) is 3.63. The fraction of sp³-hybridized carbons (Fsp3) is 0.524. The number of nitrogens with zero attached hydrogens (tertiary/aromatic N) is 2. The summed E-state index contributed by atoms with van der Waals surface area (Å²) in [5, 5.41) is 4.07. The zero-order chi connectivity index (χ0) is 18.0. The van der Waals surface area contributed by atoms with Crippen LogP contribution in [0.25, 0.3) is 10.9 Å². The molecule has 1 amide bonds. The van der Waals surface area contributed by atoms with Gasteiger partial charge in [-0.05, 0) is 70.8 Å². The second-order valence-corrected chi connectivity index (χ2v) is 7.61. The van der Waals surface area contributed by atoms with E-state index in [0.717, 1.165) is 46.7 Å². The molecule has 0 spiro atoms. The minimum Gasteiger partial charge on any atom is -0.350 e. The van der Waals surface area contributed by atoms with Crippen molar-refractivity contribution in [1.29, 1.82) is 0 Å². The van der Waals surface area contributed by atoms with Gasteiger partial charge in [0.25, 0.3) is 5.91 Å². The minimum atomic E-state index is -0.00155. The Hall–Kier alpha value is -1.94. The van der Waals surface area contributed by atoms with E-state index in [1.807, 2.05) is 38.1 Å². The number of rotatable bonds is 4. The van der Waals surface area contributed by atoms with Gasteiger partial charge in [0.1, 0.15) is 0 Å². The number of carbonyl (C=O) groups excluding carboxylic acids is 1. The van der Waals surface area contributed by atoms with Gasteiger partial charge in [0.05, 0.1) is 11.1 Å². The molecular weight excluding hydrogens is 310 g/mol. The molecule has 2 heterocycles. The maximum atomic E-state index is 12.8. The van der Waals surface area contributed by atoms with Crippen LogP contribution in [-0.2, 0) is 0 Å². The number of nitrogens with one attached hydrogen (secondary N) is 1. The molecule has 1 saturated heterocycles. The summed E-state index contributed by atoms with van der Waals surface area (Å²) >= 11 is 0. The van der Waals surface area contributed by atoms with Crippen molar-refractivity contribution in [1.82, 2.24) is 15.2 Å². The standard InChI is InChI=1S/C21H29N3O/c1-14-7-9-24(10-8-14)17(4)13-22-21(25)19-12-16(3)23-20-6-5-15(2)11-18(19)20/h5-6,11-12,14,17H,7-10,13H2,1-4H3,(H,22,25). The molecule has 3 rings (SSSR count). The third kappa shape index (κ3) is 4.18. The molecule has 1 unspecified atom stereocenters. The number of fused-ring (bicyclic) bond motifs is 1. The second kappa shape index (κ2) is 7.52. The summed E-state index contributed by atoms with van der Waals surface area (Å²) in [7, 11) is 0. The maximum Gasteiger partial charge on any atom is 0.252 e.